The fourth-order valence-electron chi connectivity index (χ4n) is 6.18. The summed E-state index contributed by atoms with van der Waals surface area (Å²) in [5.74, 6) is -2.68. The van der Waals surface area contributed by atoms with E-state index in [1.165, 1.54) is 24.4 Å². The number of hydrogen-bond acceptors (Lipinski definition) is 11. The third kappa shape index (κ3) is 6.75. The van der Waals surface area contributed by atoms with E-state index in [4.69, 9.17) is 4.74 Å². The number of nitrogens with zero attached hydrogens (tertiary/aromatic N) is 7. The molecular weight excluding hydrogens is 660 g/mol. The molecule has 49 heavy (non-hydrogen) atoms. The first-order valence-corrected chi connectivity index (χ1v) is 17.5. The monoisotopic (exact) mass is 695 g/mol. The summed E-state index contributed by atoms with van der Waals surface area (Å²) in [6, 6.07) is 5.58. The van der Waals surface area contributed by atoms with E-state index < -0.39 is 49.2 Å². The lowest BCUT2D eigenvalue weighted by Gasteiger charge is -2.40. The van der Waals surface area contributed by atoms with Crippen molar-refractivity contribution in [3.05, 3.63) is 76.4 Å². The van der Waals surface area contributed by atoms with Gasteiger partial charge in [-0.15, -0.1) is 0 Å². The minimum Gasteiger partial charge on any atom is -0.507 e. The van der Waals surface area contributed by atoms with Crippen LogP contribution < -0.4 is 10.6 Å². The van der Waals surface area contributed by atoms with Crippen LogP contribution >= 0.6 is 0 Å². The van der Waals surface area contributed by atoms with Gasteiger partial charge in [-0.05, 0) is 43.7 Å². The number of pyridine rings is 2. The van der Waals surface area contributed by atoms with Crippen molar-refractivity contribution >= 4 is 32.6 Å². The molecule has 13 nitrogen and oxygen atoms in total. The van der Waals surface area contributed by atoms with Crippen molar-refractivity contribution in [3.8, 4) is 22.7 Å². The van der Waals surface area contributed by atoms with Crippen LogP contribution in [-0.4, -0.2) is 114 Å². The molecule has 0 radical (unpaired) electrons. The van der Waals surface area contributed by atoms with Crippen LogP contribution in [0.15, 0.2) is 58.5 Å². The molecule has 16 heteroatoms. The molecule has 5 heterocycles. The second-order valence-electron chi connectivity index (χ2n) is 12.1. The number of phenols is 1. The first-order valence-electron chi connectivity index (χ1n) is 15.6. The van der Waals surface area contributed by atoms with E-state index in [0.29, 0.717) is 25.3 Å². The van der Waals surface area contributed by atoms with Gasteiger partial charge in [0.15, 0.2) is 26.3 Å². The number of morpholine rings is 1. The quantitative estimate of drug-likeness (QED) is 0.284. The molecule has 0 unspecified atom stereocenters. The van der Waals surface area contributed by atoms with E-state index in [1.54, 1.807) is 22.8 Å². The lowest BCUT2D eigenvalue weighted by atomic mass is 10.1. The summed E-state index contributed by atoms with van der Waals surface area (Å²) in [5.41, 5.74) is -2.11. The van der Waals surface area contributed by atoms with Crippen LogP contribution in [0.25, 0.3) is 28.0 Å². The fraction of sp³-hybridized carbons (Fsp3) is 0.364. The van der Waals surface area contributed by atoms with Gasteiger partial charge < -0.3 is 19.6 Å². The van der Waals surface area contributed by atoms with Gasteiger partial charge in [0.2, 0.25) is 5.91 Å². The Balaban J connectivity index is 1.45. The number of sulfone groups is 1. The maximum atomic E-state index is 16.0. The first-order chi connectivity index (χ1) is 23.3. The van der Waals surface area contributed by atoms with Crippen molar-refractivity contribution in [1.82, 2.24) is 29.3 Å². The number of aryl methyl sites for hydroxylation is 1. The molecule has 6 rings (SSSR count). The van der Waals surface area contributed by atoms with Crippen molar-refractivity contribution in [2.24, 2.45) is 0 Å². The van der Waals surface area contributed by atoms with Gasteiger partial charge in [-0.2, -0.15) is 4.98 Å². The summed E-state index contributed by atoms with van der Waals surface area (Å²) in [4.78, 5) is 45.4. The molecule has 2 fully saturated rings. The van der Waals surface area contributed by atoms with Crippen LogP contribution in [0.4, 0.5) is 14.6 Å². The normalized spacial score (nSPS) is 17.7. The van der Waals surface area contributed by atoms with Crippen molar-refractivity contribution < 1.29 is 31.8 Å². The Kier molecular flexibility index (Phi) is 9.46. The number of amides is 1. The van der Waals surface area contributed by atoms with Gasteiger partial charge in [0, 0.05) is 63.8 Å². The molecule has 2 aliphatic rings. The number of piperazine rings is 1. The van der Waals surface area contributed by atoms with E-state index in [9.17, 15) is 23.1 Å². The van der Waals surface area contributed by atoms with Gasteiger partial charge in [-0.25, -0.2) is 36.5 Å². The molecule has 1 aromatic carbocycles. The summed E-state index contributed by atoms with van der Waals surface area (Å²) >= 11 is 0. The van der Waals surface area contributed by atoms with E-state index in [-0.39, 0.29) is 54.1 Å². The summed E-state index contributed by atoms with van der Waals surface area (Å²) in [6.45, 7) is 7.69. The molecule has 0 spiro atoms. The Morgan fingerprint density at radius 2 is 1.86 bits per heavy atom. The Morgan fingerprint density at radius 3 is 2.55 bits per heavy atom. The van der Waals surface area contributed by atoms with Crippen molar-refractivity contribution in [2.75, 3.05) is 63.6 Å². The van der Waals surface area contributed by atoms with E-state index in [1.807, 2.05) is 13.0 Å². The highest BCUT2D eigenvalue weighted by atomic mass is 32.2. The highest BCUT2D eigenvalue weighted by molar-refractivity contribution is 7.90. The highest BCUT2D eigenvalue weighted by Gasteiger charge is 2.32. The van der Waals surface area contributed by atoms with E-state index in [0.717, 1.165) is 36.0 Å². The van der Waals surface area contributed by atoms with Crippen molar-refractivity contribution in [3.63, 3.8) is 0 Å². The molecule has 2 saturated heterocycles. The summed E-state index contributed by atoms with van der Waals surface area (Å²) in [6.07, 6.45) is 5.58. The molecule has 0 aliphatic carbocycles. The van der Waals surface area contributed by atoms with Crippen molar-refractivity contribution in [2.45, 2.75) is 24.9 Å². The number of carbonyl (C=O) groups is 1. The van der Waals surface area contributed by atoms with Crippen LogP contribution in [-0.2, 0) is 19.4 Å². The third-order valence-corrected chi connectivity index (χ3v) is 9.64. The molecule has 2 aliphatic heterocycles. The molecule has 1 atom stereocenters. The zero-order valence-corrected chi connectivity index (χ0v) is 28.0. The van der Waals surface area contributed by atoms with E-state index in [2.05, 4.69) is 19.9 Å². The van der Waals surface area contributed by atoms with Crippen LogP contribution in [0, 0.1) is 18.6 Å². The van der Waals surface area contributed by atoms with Crippen LogP contribution in [0.5, 0.6) is 5.75 Å². The summed E-state index contributed by atoms with van der Waals surface area (Å²) < 4.78 is 62.9. The molecule has 1 N–H and O–H groups in total. The molecule has 0 saturated carbocycles. The lowest BCUT2D eigenvalue weighted by molar-refractivity contribution is -0.126. The number of hydrogen-bond donors (Lipinski definition) is 1. The molecular formula is C33H35F2N7O6S. The number of aromatic nitrogens is 4. The second kappa shape index (κ2) is 13.6. The average molecular weight is 696 g/mol. The number of ether oxygens (including phenoxy) is 1. The van der Waals surface area contributed by atoms with Gasteiger partial charge in [-0.1, -0.05) is 12.1 Å². The molecule has 4 aromatic rings. The smallest absolute Gasteiger partial charge is 0.355 e. The number of rotatable bonds is 7. The number of aromatic hydroxyl groups is 1. The molecule has 258 valence electrons. The van der Waals surface area contributed by atoms with Gasteiger partial charge in [0.1, 0.15) is 23.1 Å². The second-order valence-corrected chi connectivity index (χ2v) is 14.0. The maximum Gasteiger partial charge on any atom is 0.355 e. The molecule has 1 amide bonds. The van der Waals surface area contributed by atoms with Crippen LogP contribution in [0.2, 0.25) is 0 Å². The predicted octanol–water partition coefficient (Wildman–Crippen LogP) is 2.46. The van der Waals surface area contributed by atoms with Gasteiger partial charge in [0.05, 0.1) is 29.9 Å². The topological polar surface area (TPSA) is 151 Å². The van der Waals surface area contributed by atoms with E-state index >= 15 is 8.78 Å². The minimum atomic E-state index is -4.00. The number of carbonyl (C=O) groups excluding carboxylic acids is 1. The van der Waals surface area contributed by atoms with Gasteiger partial charge >= 0.3 is 5.69 Å². The highest BCUT2D eigenvalue weighted by Crippen LogP contribution is 2.36. The van der Waals surface area contributed by atoms with Gasteiger partial charge in [-0.3, -0.25) is 9.69 Å². The fourth-order valence-corrected chi connectivity index (χ4v) is 7.04. The minimum absolute atomic E-state index is 0.0245. The summed E-state index contributed by atoms with van der Waals surface area (Å²) in [5, 5.41) is 10.1. The Bertz CT molecular complexity index is 2120. The lowest BCUT2D eigenvalue weighted by Crippen LogP contribution is -2.54. The molecule has 3 aromatic heterocycles. The standard InChI is InChI=1S/C33H35F2N7O6S/c1-20-9-10-36-32(49(3,46)47)29(20)42-31-22(18-24(35)28(37-31)27-23(34)6-4-7-25(27)43)30(38-33(42)45)41-13-12-40(19-21(41)2)26(44)8-5-11-39-14-16-48-17-15-39/h4-10,18,21,43H,11-17,19H2,1-3H3/b8-5+/t21-/m0/s1. The largest absolute Gasteiger partial charge is 0.507 e. The van der Waals surface area contributed by atoms with Crippen LogP contribution in [0.1, 0.15) is 12.5 Å². The molecule has 0 bridgehead atoms. The zero-order chi connectivity index (χ0) is 35.0. The zero-order valence-electron chi connectivity index (χ0n) is 27.1. The van der Waals surface area contributed by atoms with Crippen molar-refractivity contribution in [1.29, 1.82) is 0 Å². The van der Waals surface area contributed by atoms with Gasteiger partial charge in [0.25, 0.3) is 0 Å². The number of halogens is 2. The number of anilines is 1. The Labute approximate surface area is 281 Å². The predicted molar refractivity (Wildman–Crippen MR) is 178 cm³/mol. The first kappa shape index (κ1) is 34.1. The average Bonchev–Trinajstić information content (AvgIpc) is 3.05. The maximum absolute atomic E-state index is 16.0. The number of benzene rings is 1. The Morgan fingerprint density at radius 1 is 1.10 bits per heavy atom. The third-order valence-electron chi connectivity index (χ3n) is 8.64. The number of phenolic OH excluding ortho intramolecular Hbond substituents is 1. The SMILES string of the molecule is Cc1ccnc(S(C)(=O)=O)c1-n1c(=O)nc(N2CCN(C(=O)/C=C/CN3CCOCC3)C[C@@H]2C)c2cc(F)c(-c3c(O)cccc3F)nc21. The Hall–Kier alpha value is -4.80. The summed E-state index contributed by atoms with van der Waals surface area (Å²) in [7, 11) is -4.00. The number of fused-ring (bicyclic) bond motifs is 1. The van der Waals surface area contributed by atoms with Crippen LogP contribution in [0.3, 0.4) is 0 Å².